The van der Waals surface area contributed by atoms with Crippen molar-refractivity contribution in [2.45, 2.75) is 11.8 Å². The van der Waals surface area contributed by atoms with Crippen LogP contribution in [0.2, 0.25) is 0 Å². The number of nitrogens with zero attached hydrogens (tertiary/aromatic N) is 2. The monoisotopic (exact) mass is 317 g/mol. The van der Waals surface area contributed by atoms with E-state index in [0.717, 1.165) is 50.7 Å². The zero-order valence-electron chi connectivity index (χ0n) is 13.3. The summed E-state index contributed by atoms with van der Waals surface area (Å²) in [5.41, 5.74) is 2.33. The molecular weight excluding hydrogens is 294 g/mol. The first-order chi connectivity index (χ1) is 10.8. The minimum Gasteiger partial charge on any atom is -0.379 e. The molecular formula is C17H23N3OS. The van der Waals surface area contributed by atoms with Gasteiger partial charge in [-0.05, 0) is 43.0 Å². The second-order valence-electron chi connectivity index (χ2n) is 5.59. The molecule has 0 spiro atoms. The van der Waals surface area contributed by atoms with Gasteiger partial charge < -0.3 is 10.1 Å². The van der Waals surface area contributed by atoms with Crippen LogP contribution in [0.4, 0.5) is 5.82 Å². The molecule has 1 aliphatic rings. The Balaban J connectivity index is 1.66. The summed E-state index contributed by atoms with van der Waals surface area (Å²) < 4.78 is 5.37. The summed E-state index contributed by atoms with van der Waals surface area (Å²) in [5.74, 6) is 0.968. The van der Waals surface area contributed by atoms with Gasteiger partial charge >= 0.3 is 0 Å². The van der Waals surface area contributed by atoms with E-state index in [2.05, 4.69) is 47.7 Å². The van der Waals surface area contributed by atoms with Crippen molar-refractivity contribution >= 4 is 28.5 Å². The number of anilines is 1. The summed E-state index contributed by atoms with van der Waals surface area (Å²) in [6.45, 7) is 7.87. The zero-order chi connectivity index (χ0) is 15.4. The van der Waals surface area contributed by atoms with Gasteiger partial charge in [0.2, 0.25) is 0 Å². The van der Waals surface area contributed by atoms with E-state index in [4.69, 9.17) is 9.72 Å². The highest BCUT2D eigenvalue weighted by Crippen LogP contribution is 2.25. The van der Waals surface area contributed by atoms with Crippen LogP contribution >= 0.6 is 11.8 Å². The highest BCUT2D eigenvalue weighted by atomic mass is 32.2. The molecule has 22 heavy (non-hydrogen) atoms. The second-order valence-corrected chi connectivity index (χ2v) is 6.47. The quantitative estimate of drug-likeness (QED) is 0.858. The first-order valence-electron chi connectivity index (χ1n) is 7.75. The molecule has 1 N–H and O–H groups in total. The van der Waals surface area contributed by atoms with E-state index in [1.165, 1.54) is 15.8 Å². The average molecular weight is 317 g/mol. The van der Waals surface area contributed by atoms with E-state index < -0.39 is 0 Å². The van der Waals surface area contributed by atoms with Crippen molar-refractivity contribution in [1.29, 1.82) is 0 Å². The topological polar surface area (TPSA) is 37.4 Å². The van der Waals surface area contributed by atoms with Gasteiger partial charge in [-0.25, -0.2) is 4.98 Å². The molecule has 0 unspecified atom stereocenters. The van der Waals surface area contributed by atoms with Crippen molar-refractivity contribution in [1.82, 2.24) is 9.88 Å². The normalized spacial score (nSPS) is 16.1. The molecule has 1 aliphatic heterocycles. The number of morpholine rings is 1. The molecule has 3 rings (SSSR count). The highest BCUT2D eigenvalue weighted by Gasteiger charge is 2.09. The van der Waals surface area contributed by atoms with Gasteiger partial charge in [-0.1, -0.05) is 0 Å². The first kappa shape index (κ1) is 15.6. The molecule has 1 saturated heterocycles. The number of hydrogen-bond acceptors (Lipinski definition) is 5. The van der Waals surface area contributed by atoms with E-state index >= 15 is 0 Å². The van der Waals surface area contributed by atoms with Gasteiger partial charge in [0.25, 0.3) is 0 Å². The van der Waals surface area contributed by atoms with Gasteiger partial charge in [0.05, 0.1) is 18.7 Å². The highest BCUT2D eigenvalue weighted by molar-refractivity contribution is 7.98. The average Bonchev–Trinajstić information content (AvgIpc) is 2.56. The SMILES string of the molecule is CSc1ccc2nc(NCCN3CCOCC3)cc(C)c2c1. The molecule has 1 aromatic carbocycles. The van der Waals surface area contributed by atoms with Gasteiger partial charge in [-0.2, -0.15) is 0 Å². The van der Waals surface area contributed by atoms with Crippen LogP contribution in [0.1, 0.15) is 5.56 Å². The van der Waals surface area contributed by atoms with Crippen LogP contribution in [-0.4, -0.2) is 55.5 Å². The van der Waals surface area contributed by atoms with Crippen LogP contribution in [0.25, 0.3) is 10.9 Å². The number of pyridine rings is 1. The number of aromatic nitrogens is 1. The number of thioether (sulfide) groups is 1. The molecule has 1 aromatic heterocycles. The molecule has 0 amide bonds. The predicted octanol–water partition coefficient (Wildman–Crippen LogP) is 3.01. The van der Waals surface area contributed by atoms with Crippen LogP contribution in [0.5, 0.6) is 0 Å². The molecule has 1 fully saturated rings. The maximum absolute atomic E-state index is 5.37. The summed E-state index contributed by atoms with van der Waals surface area (Å²) >= 11 is 1.77. The third kappa shape index (κ3) is 3.72. The second kappa shape index (κ2) is 7.31. The Bertz CT molecular complexity index is 641. The number of ether oxygens (including phenoxy) is 1. The molecule has 0 radical (unpaired) electrons. The molecule has 2 heterocycles. The summed E-state index contributed by atoms with van der Waals surface area (Å²) in [4.78, 5) is 8.44. The van der Waals surface area contributed by atoms with E-state index in [1.54, 1.807) is 11.8 Å². The fourth-order valence-corrected chi connectivity index (χ4v) is 3.20. The summed E-state index contributed by atoms with van der Waals surface area (Å²) in [5, 5.41) is 4.70. The number of hydrogen-bond donors (Lipinski definition) is 1. The maximum Gasteiger partial charge on any atom is 0.126 e. The van der Waals surface area contributed by atoms with Gasteiger partial charge in [-0.3, -0.25) is 4.90 Å². The fraction of sp³-hybridized carbons (Fsp3) is 0.471. The number of nitrogens with one attached hydrogen (secondary N) is 1. The van der Waals surface area contributed by atoms with Gasteiger partial charge in [0, 0.05) is 36.5 Å². The van der Waals surface area contributed by atoms with Crippen LogP contribution in [0.15, 0.2) is 29.2 Å². The lowest BCUT2D eigenvalue weighted by molar-refractivity contribution is 0.0398. The fourth-order valence-electron chi connectivity index (χ4n) is 2.76. The number of aryl methyl sites for hydroxylation is 1. The molecule has 0 aliphatic carbocycles. The smallest absolute Gasteiger partial charge is 0.126 e. The van der Waals surface area contributed by atoms with Gasteiger partial charge in [0.15, 0.2) is 0 Å². The Hall–Kier alpha value is -1.30. The molecule has 4 nitrogen and oxygen atoms in total. The third-order valence-electron chi connectivity index (χ3n) is 4.06. The van der Waals surface area contributed by atoms with Crippen molar-refractivity contribution in [3.05, 3.63) is 29.8 Å². The summed E-state index contributed by atoms with van der Waals surface area (Å²) in [6.07, 6.45) is 2.10. The lowest BCUT2D eigenvalue weighted by Gasteiger charge is -2.26. The molecule has 5 heteroatoms. The number of benzene rings is 1. The summed E-state index contributed by atoms with van der Waals surface area (Å²) in [6, 6.07) is 8.61. The predicted molar refractivity (Wildman–Crippen MR) is 94.0 cm³/mol. The third-order valence-corrected chi connectivity index (χ3v) is 4.79. The van der Waals surface area contributed by atoms with E-state index in [1.807, 2.05) is 0 Å². The Morgan fingerprint density at radius 2 is 2.09 bits per heavy atom. The first-order valence-corrected chi connectivity index (χ1v) is 8.98. The van der Waals surface area contributed by atoms with Crippen molar-refractivity contribution in [3.8, 4) is 0 Å². The zero-order valence-corrected chi connectivity index (χ0v) is 14.1. The Morgan fingerprint density at radius 3 is 2.86 bits per heavy atom. The van der Waals surface area contributed by atoms with E-state index in [-0.39, 0.29) is 0 Å². The van der Waals surface area contributed by atoms with Crippen molar-refractivity contribution in [2.75, 3.05) is 51.0 Å². The molecule has 2 aromatic rings. The molecule has 0 saturated carbocycles. The van der Waals surface area contributed by atoms with E-state index in [9.17, 15) is 0 Å². The van der Waals surface area contributed by atoms with Crippen LogP contribution < -0.4 is 5.32 Å². The Labute approximate surface area is 136 Å². The van der Waals surface area contributed by atoms with Gasteiger partial charge in [-0.15, -0.1) is 11.8 Å². The van der Waals surface area contributed by atoms with Crippen LogP contribution in [-0.2, 0) is 4.74 Å². The van der Waals surface area contributed by atoms with Gasteiger partial charge in [0.1, 0.15) is 5.82 Å². The van der Waals surface area contributed by atoms with Crippen molar-refractivity contribution in [2.24, 2.45) is 0 Å². The summed E-state index contributed by atoms with van der Waals surface area (Å²) in [7, 11) is 0. The Kier molecular flexibility index (Phi) is 5.18. The largest absolute Gasteiger partial charge is 0.379 e. The van der Waals surface area contributed by atoms with Crippen molar-refractivity contribution in [3.63, 3.8) is 0 Å². The molecule has 0 bridgehead atoms. The minimum atomic E-state index is 0.852. The van der Waals surface area contributed by atoms with E-state index in [0.29, 0.717) is 0 Å². The standard InChI is InChI=1S/C17H23N3OS/c1-13-11-17(18-5-6-20-7-9-21-10-8-20)19-16-4-3-14(22-2)12-15(13)16/h3-4,11-12H,5-10H2,1-2H3,(H,18,19). The Morgan fingerprint density at radius 1 is 1.27 bits per heavy atom. The van der Waals surface area contributed by atoms with Crippen LogP contribution in [0.3, 0.4) is 0 Å². The molecule has 0 atom stereocenters. The molecule has 118 valence electrons. The van der Waals surface area contributed by atoms with Crippen molar-refractivity contribution < 1.29 is 4.74 Å². The maximum atomic E-state index is 5.37. The lowest BCUT2D eigenvalue weighted by atomic mass is 10.1. The van der Waals surface area contributed by atoms with Crippen LogP contribution in [0, 0.1) is 6.92 Å². The number of fused-ring (bicyclic) bond motifs is 1. The number of rotatable bonds is 5. The lowest BCUT2D eigenvalue weighted by Crippen LogP contribution is -2.39. The minimum absolute atomic E-state index is 0.852.